The van der Waals surface area contributed by atoms with Gasteiger partial charge < -0.3 is 10.0 Å². The van der Waals surface area contributed by atoms with Gasteiger partial charge in [0, 0.05) is 13.5 Å². The Bertz CT molecular complexity index is 676. The maximum atomic E-state index is 12.3. The van der Waals surface area contributed by atoms with Gasteiger partial charge in [0.05, 0.1) is 13.2 Å². The van der Waals surface area contributed by atoms with E-state index < -0.39 is 18.6 Å². The van der Waals surface area contributed by atoms with Gasteiger partial charge in [0.1, 0.15) is 6.04 Å². The van der Waals surface area contributed by atoms with Crippen molar-refractivity contribution >= 4 is 11.8 Å². The molecule has 0 radical (unpaired) electrons. The summed E-state index contributed by atoms with van der Waals surface area (Å²) in [5.74, 6) is -0.870. The first-order chi connectivity index (χ1) is 12.1. The van der Waals surface area contributed by atoms with Gasteiger partial charge in [0.2, 0.25) is 5.91 Å². The Morgan fingerprint density at radius 1 is 1.04 bits per heavy atom. The molecular formula is C19H22N2O4. The topological polar surface area (TPSA) is 78.9 Å². The Morgan fingerprint density at radius 2 is 1.60 bits per heavy atom. The molecule has 132 valence electrons. The van der Waals surface area contributed by atoms with Crippen LogP contribution in [0.1, 0.15) is 18.1 Å². The number of aliphatic hydroxyl groups is 1. The van der Waals surface area contributed by atoms with E-state index in [0.29, 0.717) is 0 Å². The molecule has 0 fully saturated rings. The minimum atomic E-state index is -1.02. The third-order valence-corrected chi connectivity index (χ3v) is 3.71. The van der Waals surface area contributed by atoms with Crippen molar-refractivity contribution in [2.75, 3.05) is 6.61 Å². The molecule has 0 saturated heterocycles. The molecule has 0 aliphatic rings. The average molecular weight is 342 g/mol. The second-order valence-corrected chi connectivity index (χ2v) is 5.57. The number of hydrogen-bond donors (Lipinski definition) is 2. The van der Waals surface area contributed by atoms with Crippen LogP contribution in [0.4, 0.5) is 0 Å². The number of aliphatic hydroxyl groups excluding tert-OH is 1. The van der Waals surface area contributed by atoms with Crippen LogP contribution in [-0.2, 0) is 27.6 Å². The predicted molar refractivity (Wildman–Crippen MR) is 92.9 cm³/mol. The number of amides is 2. The zero-order valence-corrected chi connectivity index (χ0v) is 14.1. The van der Waals surface area contributed by atoms with Crippen LogP contribution in [0.5, 0.6) is 0 Å². The Balaban J connectivity index is 1.96. The monoisotopic (exact) mass is 342 g/mol. The Kier molecular flexibility index (Phi) is 7.13. The normalized spacial score (nSPS) is 11.6. The smallest absolute Gasteiger partial charge is 0.268 e. The first-order valence-corrected chi connectivity index (χ1v) is 7.99. The van der Waals surface area contributed by atoms with Gasteiger partial charge in [-0.25, -0.2) is 5.48 Å². The summed E-state index contributed by atoms with van der Waals surface area (Å²) in [5.41, 5.74) is 4.08. The van der Waals surface area contributed by atoms with Crippen molar-refractivity contribution < 1.29 is 19.5 Å². The molecule has 0 heterocycles. The molecule has 1 atom stereocenters. The molecule has 0 aliphatic heterocycles. The third kappa shape index (κ3) is 5.70. The summed E-state index contributed by atoms with van der Waals surface area (Å²) in [4.78, 5) is 30.8. The Labute approximate surface area is 147 Å². The highest BCUT2D eigenvalue weighted by atomic mass is 16.7. The largest absolute Gasteiger partial charge is 0.394 e. The van der Waals surface area contributed by atoms with E-state index in [0.717, 1.165) is 11.1 Å². The summed E-state index contributed by atoms with van der Waals surface area (Å²) in [7, 11) is 0. The lowest BCUT2D eigenvalue weighted by Crippen LogP contribution is -2.50. The second kappa shape index (κ2) is 9.56. The van der Waals surface area contributed by atoms with Crippen LogP contribution in [-0.4, -0.2) is 34.5 Å². The number of benzene rings is 2. The van der Waals surface area contributed by atoms with Crippen molar-refractivity contribution in [3.05, 3.63) is 71.8 Å². The van der Waals surface area contributed by atoms with E-state index in [2.05, 4.69) is 5.48 Å². The lowest BCUT2D eigenvalue weighted by atomic mass is 10.1. The molecule has 2 N–H and O–H groups in total. The number of carbonyl (C=O) groups excluding carboxylic acids is 2. The van der Waals surface area contributed by atoms with E-state index in [-0.39, 0.29) is 19.1 Å². The van der Waals surface area contributed by atoms with Gasteiger partial charge in [-0.3, -0.25) is 14.4 Å². The molecule has 2 amide bonds. The molecule has 6 heteroatoms. The van der Waals surface area contributed by atoms with E-state index in [4.69, 9.17) is 4.84 Å². The van der Waals surface area contributed by atoms with Gasteiger partial charge in [0.15, 0.2) is 0 Å². The zero-order valence-electron chi connectivity index (χ0n) is 14.1. The molecule has 2 aromatic carbocycles. The molecule has 0 bridgehead atoms. The lowest BCUT2D eigenvalue weighted by Gasteiger charge is -2.28. The summed E-state index contributed by atoms with van der Waals surface area (Å²) in [6.07, 6.45) is 0. The summed E-state index contributed by atoms with van der Waals surface area (Å²) >= 11 is 0. The van der Waals surface area contributed by atoms with Crippen LogP contribution in [0.25, 0.3) is 0 Å². The van der Waals surface area contributed by atoms with Gasteiger partial charge in [-0.05, 0) is 11.1 Å². The standard InChI is InChI=1S/C19H22N2O4/c1-15(23)21(12-16-8-4-2-5-9-16)18(13-22)19(24)20-25-14-17-10-6-3-7-11-17/h2-11,18,22H,12-14H2,1H3,(H,20,24)/t18-/m1/s1. The van der Waals surface area contributed by atoms with Crippen molar-refractivity contribution in [1.82, 2.24) is 10.4 Å². The average Bonchev–Trinajstić information content (AvgIpc) is 2.63. The highest BCUT2D eigenvalue weighted by Crippen LogP contribution is 2.09. The van der Waals surface area contributed by atoms with Crippen LogP contribution in [0.15, 0.2) is 60.7 Å². The first-order valence-electron chi connectivity index (χ1n) is 7.99. The van der Waals surface area contributed by atoms with Crippen molar-refractivity contribution in [1.29, 1.82) is 0 Å². The van der Waals surface area contributed by atoms with Crippen molar-refractivity contribution in [3.8, 4) is 0 Å². The van der Waals surface area contributed by atoms with E-state index in [1.54, 1.807) is 0 Å². The van der Waals surface area contributed by atoms with Crippen molar-refractivity contribution in [2.24, 2.45) is 0 Å². The summed E-state index contributed by atoms with van der Waals surface area (Å²) in [6, 6.07) is 17.6. The predicted octanol–water partition coefficient (Wildman–Crippen LogP) is 1.64. The summed E-state index contributed by atoms with van der Waals surface area (Å²) in [6.45, 7) is 1.30. The van der Waals surface area contributed by atoms with Gasteiger partial charge >= 0.3 is 0 Å². The summed E-state index contributed by atoms with van der Waals surface area (Å²) in [5, 5.41) is 9.60. The maximum Gasteiger partial charge on any atom is 0.268 e. The highest BCUT2D eigenvalue weighted by Gasteiger charge is 2.27. The fourth-order valence-electron chi connectivity index (χ4n) is 2.38. The molecule has 0 unspecified atom stereocenters. The van der Waals surface area contributed by atoms with Gasteiger partial charge in [0.25, 0.3) is 5.91 Å². The fraction of sp³-hybridized carbons (Fsp3) is 0.263. The van der Waals surface area contributed by atoms with Crippen LogP contribution in [0.2, 0.25) is 0 Å². The number of hydrogen-bond acceptors (Lipinski definition) is 4. The van der Waals surface area contributed by atoms with E-state index >= 15 is 0 Å². The van der Waals surface area contributed by atoms with Crippen LogP contribution in [0.3, 0.4) is 0 Å². The molecule has 6 nitrogen and oxygen atoms in total. The molecule has 0 aromatic heterocycles. The number of nitrogens with zero attached hydrogens (tertiary/aromatic N) is 1. The second-order valence-electron chi connectivity index (χ2n) is 5.57. The molecule has 2 rings (SSSR count). The molecule has 25 heavy (non-hydrogen) atoms. The molecule has 0 aliphatic carbocycles. The SMILES string of the molecule is CC(=O)N(Cc1ccccc1)[C@H](CO)C(=O)NOCc1ccccc1. The number of nitrogens with one attached hydrogen (secondary N) is 1. The van der Waals surface area contributed by atoms with E-state index in [9.17, 15) is 14.7 Å². The van der Waals surface area contributed by atoms with Crippen LogP contribution in [0, 0.1) is 0 Å². The summed E-state index contributed by atoms with van der Waals surface area (Å²) < 4.78 is 0. The number of hydroxylamine groups is 1. The van der Waals surface area contributed by atoms with Gasteiger partial charge in [-0.1, -0.05) is 60.7 Å². The number of carbonyl (C=O) groups is 2. The van der Waals surface area contributed by atoms with Gasteiger partial charge in [-0.2, -0.15) is 0 Å². The Morgan fingerprint density at radius 3 is 2.12 bits per heavy atom. The van der Waals surface area contributed by atoms with Gasteiger partial charge in [-0.15, -0.1) is 0 Å². The maximum absolute atomic E-state index is 12.3. The first kappa shape index (κ1) is 18.6. The number of rotatable bonds is 8. The van der Waals surface area contributed by atoms with E-state index in [1.165, 1.54) is 11.8 Å². The zero-order chi connectivity index (χ0) is 18.1. The quantitative estimate of drug-likeness (QED) is 0.715. The molecular weight excluding hydrogens is 320 g/mol. The van der Waals surface area contributed by atoms with Crippen LogP contribution >= 0.6 is 0 Å². The van der Waals surface area contributed by atoms with Crippen LogP contribution < -0.4 is 5.48 Å². The van der Waals surface area contributed by atoms with Crippen molar-refractivity contribution in [2.45, 2.75) is 26.1 Å². The minimum Gasteiger partial charge on any atom is -0.394 e. The molecule has 0 saturated carbocycles. The Hall–Kier alpha value is -2.70. The van der Waals surface area contributed by atoms with Crippen molar-refractivity contribution in [3.63, 3.8) is 0 Å². The lowest BCUT2D eigenvalue weighted by molar-refractivity contribution is -0.149. The van der Waals surface area contributed by atoms with E-state index in [1.807, 2.05) is 60.7 Å². The highest BCUT2D eigenvalue weighted by molar-refractivity contribution is 5.86. The fourth-order valence-corrected chi connectivity index (χ4v) is 2.38. The minimum absolute atomic E-state index is 0.198. The molecule has 2 aromatic rings. The third-order valence-electron chi connectivity index (χ3n) is 3.71. The molecule has 0 spiro atoms.